The van der Waals surface area contributed by atoms with Crippen LogP contribution in [0.2, 0.25) is 0 Å². The molecule has 31 heavy (non-hydrogen) atoms. The molecule has 3 saturated carbocycles. The predicted molar refractivity (Wildman–Crippen MR) is 114 cm³/mol. The van der Waals surface area contributed by atoms with Crippen LogP contribution < -0.4 is 0 Å². The third-order valence-corrected chi connectivity index (χ3v) is 9.46. The Hall–Kier alpha value is -1.69. The highest BCUT2D eigenvalue weighted by molar-refractivity contribution is 5.91. The topological polar surface area (TPSA) is 89.9 Å². The van der Waals surface area contributed by atoms with Gasteiger partial charge in [-0.2, -0.15) is 0 Å². The fourth-order valence-corrected chi connectivity index (χ4v) is 7.80. The Morgan fingerprint density at radius 2 is 1.77 bits per heavy atom. The molecule has 0 aliphatic heterocycles. The van der Waals surface area contributed by atoms with Crippen molar-refractivity contribution in [1.82, 2.24) is 0 Å². The highest BCUT2D eigenvalue weighted by Crippen LogP contribution is 2.68. The maximum Gasteiger partial charge on any atom is 0.303 e. The summed E-state index contributed by atoms with van der Waals surface area (Å²) in [5.74, 6) is 0.657. The number of carbonyl (C=O) groups is 3. The maximum absolute atomic E-state index is 12.0. The van der Waals surface area contributed by atoms with E-state index in [0.29, 0.717) is 30.6 Å². The first kappa shape index (κ1) is 22.5. The van der Waals surface area contributed by atoms with Gasteiger partial charge in [-0.25, -0.2) is 0 Å². The molecule has 4 rings (SSSR count). The highest BCUT2D eigenvalue weighted by Gasteiger charge is 2.66. The van der Waals surface area contributed by atoms with Crippen LogP contribution in [0.4, 0.5) is 0 Å². The first-order valence-corrected chi connectivity index (χ1v) is 11.8. The average molecular weight is 433 g/mol. The molecule has 0 bridgehead atoms. The molecule has 4 aliphatic rings. The molecular formula is C25H36O6. The molecule has 0 aromatic rings. The fraction of sp³-hybridized carbons (Fsp3) is 0.800. The molecule has 4 aliphatic carbocycles. The van der Waals surface area contributed by atoms with Crippen molar-refractivity contribution in [2.45, 2.75) is 90.8 Å². The van der Waals surface area contributed by atoms with Gasteiger partial charge in [-0.05, 0) is 74.2 Å². The number of hydrogen-bond donors (Lipinski definition) is 1. The van der Waals surface area contributed by atoms with E-state index >= 15 is 0 Å². The van der Waals surface area contributed by atoms with Crippen LogP contribution in [-0.4, -0.2) is 41.1 Å². The summed E-state index contributed by atoms with van der Waals surface area (Å²) in [5, 5.41) is 12.0. The van der Waals surface area contributed by atoms with Crippen LogP contribution in [0.5, 0.6) is 0 Å². The van der Waals surface area contributed by atoms with Gasteiger partial charge in [0.25, 0.3) is 0 Å². The molecule has 7 atom stereocenters. The highest BCUT2D eigenvalue weighted by atomic mass is 16.6. The van der Waals surface area contributed by atoms with E-state index in [1.165, 1.54) is 19.4 Å². The number of allylic oxidation sites excluding steroid dienone is 1. The van der Waals surface area contributed by atoms with Gasteiger partial charge in [-0.1, -0.05) is 19.4 Å². The molecule has 6 nitrogen and oxygen atoms in total. The summed E-state index contributed by atoms with van der Waals surface area (Å²) in [6.07, 6.45) is 7.84. The lowest BCUT2D eigenvalue weighted by Gasteiger charge is -2.59. The largest absolute Gasteiger partial charge is 0.462 e. The number of aliphatic hydroxyl groups is 1. The van der Waals surface area contributed by atoms with Crippen molar-refractivity contribution >= 4 is 17.7 Å². The minimum absolute atomic E-state index is 0.0753. The van der Waals surface area contributed by atoms with E-state index in [1.807, 2.05) is 6.08 Å². The lowest BCUT2D eigenvalue weighted by molar-refractivity contribution is -0.207. The molecular weight excluding hydrogens is 396 g/mol. The third-order valence-electron chi connectivity index (χ3n) is 9.46. The number of fused-ring (bicyclic) bond motifs is 5. The summed E-state index contributed by atoms with van der Waals surface area (Å²) >= 11 is 0. The summed E-state index contributed by atoms with van der Waals surface area (Å²) in [5.41, 5.74) is -0.222. The molecule has 0 amide bonds. The zero-order valence-electron chi connectivity index (χ0n) is 19.2. The molecule has 0 heterocycles. The molecule has 0 aromatic carbocycles. The van der Waals surface area contributed by atoms with Crippen molar-refractivity contribution in [3.05, 3.63) is 11.6 Å². The van der Waals surface area contributed by atoms with Crippen LogP contribution in [0.3, 0.4) is 0 Å². The van der Waals surface area contributed by atoms with Crippen LogP contribution in [0.15, 0.2) is 11.6 Å². The maximum atomic E-state index is 12.0. The Morgan fingerprint density at radius 3 is 2.45 bits per heavy atom. The second-order valence-corrected chi connectivity index (χ2v) is 10.8. The lowest BCUT2D eigenvalue weighted by atomic mass is 9.46. The first-order valence-electron chi connectivity index (χ1n) is 11.8. The number of ketones is 1. The first-order chi connectivity index (χ1) is 14.5. The molecule has 172 valence electrons. The van der Waals surface area contributed by atoms with E-state index in [9.17, 15) is 19.5 Å². The number of hydrogen-bond acceptors (Lipinski definition) is 6. The van der Waals surface area contributed by atoms with Crippen LogP contribution in [-0.2, 0) is 23.9 Å². The van der Waals surface area contributed by atoms with Gasteiger partial charge < -0.3 is 14.6 Å². The van der Waals surface area contributed by atoms with Gasteiger partial charge in [0.2, 0.25) is 0 Å². The standard InChI is InChI=1S/C25H36O6/c1-15(26)30-14-22(31-16(2)27)25(29)12-9-21-19-6-5-17-13-18(28)7-10-23(17,3)20(19)8-11-24(21,25)4/h13,19-22,29H,5-12,14H2,1-4H3/t19-,20+,21+,22?,23+,24+,25+/m1/s1. The van der Waals surface area contributed by atoms with Gasteiger partial charge in [0.05, 0.1) is 0 Å². The van der Waals surface area contributed by atoms with Crippen molar-refractivity contribution in [3.8, 4) is 0 Å². The Kier molecular flexibility index (Phi) is 5.60. The fourth-order valence-electron chi connectivity index (χ4n) is 7.80. The van der Waals surface area contributed by atoms with E-state index in [4.69, 9.17) is 9.47 Å². The summed E-state index contributed by atoms with van der Waals surface area (Å²) in [6, 6.07) is 0. The quantitative estimate of drug-likeness (QED) is 0.681. The Balaban J connectivity index is 1.63. The van der Waals surface area contributed by atoms with Crippen LogP contribution in [0.1, 0.15) is 79.1 Å². The summed E-state index contributed by atoms with van der Waals surface area (Å²) in [4.78, 5) is 35.3. The van der Waals surface area contributed by atoms with Gasteiger partial charge in [-0.15, -0.1) is 0 Å². The molecule has 0 saturated heterocycles. The Bertz CT molecular complexity index is 817. The zero-order chi connectivity index (χ0) is 22.6. The van der Waals surface area contributed by atoms with Gasteiger partial charge in [0.15, 0.2) is 11.9 Å². The number of rotatable bonds is 4. The van der Waals surface area contributed by atoms with E-state index < -0.39 is 29.1 Å². The number of ether oxygens (including phenoxy) is 2. The molecule has 0 aromatic heterocycles. The van der Waals surface area contributed by atoms with Crippen molar-refractivity contribution in [2.75, 3.05) is 6.61 Å². The van der Waals surface area contributed by atoms with Gasteiger partial charge >= 0.3 is 11.9 Å². The minimum atomic E-state index is -1.22. The zero-order valence-corrected chi connectivity index (χ0v) is 19.2. The molecule has 1 N–H and O–H groups in total. The van der Waals surface area contributed by atoms with Crippen LogP contribution in [0.25, 0.3) is 0 Å². The second-order valence-electron chi connectivity index (χ2n) is 10.8. The molecule has 3 fully saturated rings. The van der Waals surface area contributed by atoms with Gasteiger partial charge in [0.1, 0.15) is 12.2 Å². The third kappa shape index (κ3) is 3.46. The SMILES string of the molecule is CC(=O)OCC(OC(C)=O)[C@@]1(O)CC[C@H]2[C@@H]3CCC4=CC(=O)CC[C@]4(C)[C@H]3CC[C@@]21C. The summed E-state index contributed by atoms with van der Waals surface area (Å²) < 4.78 is 10.7. The Labute approximate surface area is 184 Å². The second kappa shape index (κ2) is 7.72. The molecule has 6 heteroatoms. The van der Waals surface area contributed by atoms with Crippen molar-refractivity contribution in [2.24, 2.45) is 28.6 Å². The molecule has 1 unspecified atom stereocenters. The Morgan fingerprint density at radius 1 is 1.06 bits per heavy atom. The van der Waals surface area contributed by atoms with E-state index in [0.717, 1.165) is 38.5 Å². The molecule has 0 radical (unpaired) electrons. The summed E-state index contributed by atoms with van der Waals surface area (Å²) in [6.45, 7) is 7.02. The number of carbonyl (C=O) groups excluding carboxylic acids is 3. The number of esters is 2. The lowest BCUT2D eigenvalue weighted by Crippen LogP contribution is -2.60. The monoisotopic (exact) mass is 432 g/mol. The average Bonchev–Trinajstić information content (AvgIpc) is 2.97. The van der Waals surface area contributed by atoms with E-state index in [-0.39, 0.29) is 17.8 Å². The van der Waals surface area contributed by atoms with Crippen LogP contribution in [0, 0.1) is 28.6 Å². The van der Waals surface area contributed by atoms with Crippen molar-refractivity contribution < 1.29 is 29.0 Å². The predicted octanol–water partition coefficient (Wildman–Crippen LogP) is 3.74. The minimum Gasteiger partial charge on any atom is -0.462 e. The van der Waals surface area contributed by atoms with Gasteiger partial charge in [-0.3, -0.25) is 14.4 Å². The van der Waals surface area contributed by atoms with Crippen molar-refractivity contribution in [3.63, 3.8) is 0 Å². The van der Waals surface area contributed by atoms with Crippen molar-refractivity contribution in [1.29, 1.82) is 0 Å². The molecule has 0 spiro atoms. The van der Waals surface area contributed by atoms with Gasteiger partial charge in [0, 0.05) is 25.7 Å². The van der Waals surface area contributed by atoms with E-state index in [2.05, 4.69) is 13.8 Å². The normalized spacial score (nSPS) is 42.5. The van der Waals surface area contributed by atoms with Crippen LogP contribution >= 0.6 is 0 Å². The van der Waals surface area contributed by atoms with E-state index in [1.54, 1.807) is 0 Å². The smallest absolute Gasteiger partial charge is 0.303 e. The summed E-state index contributed by atoms with van der Waals surface area (Å²) in [7, 11) is 0.